The molecule has 2 aromatic rings. The number of carbonyl (C=O) groups is 3. The lowest BCUT2D eigenvalue weighted by molar-refractivity contribution is -0.278. The standard InChI is InChI=1S/C34H35F6NO8/c1-21-19-25(48-29(43)32(46-4,34(38,39)40)24-16-9-6-10-17-24)20-41-27(21)26(49-30(41)44)18-12-11-13-22(2)47-28(42)31(45-3,33(35,36)37)23-14-7-5-8-15-23/h5-10,12,14-19,22,25-27H,11,13,20H2,1-4H3/b18-12+/t22-,25-,26-,27+,31-,32-/m1/s1. The van der Waals surface area contributed by atoms with E-state index in [1.54, 1.807) is 19.1 Å². The van der Waals surface area contributed by atoms with Crippen LogP contribution in [0.3, 0.4) is 0 Å². The molecule has 0 spiro atoms. The summed E-state index contributed by atoms with van der Waals surface area (Å²) in [5.74, 6) is -3.33. The fourth-order valence-electron chi connectivity index (χ4n) is 5.97. The maximum Gasteiger partial charge on any atom is 0.432 e. The molecule has 2 aliphatic heterocycles. The molecule has 1 saturated heterocycles. The lowest BCUT2D eigenvalue weighted by Gasteiger charge is -2.36. The number of ether oxygens (including phenoxy) is 5. The van der Waals surface area contributed by atoms with Crippen molar-refractivity contribution in [1.82, 2.24) is 4.90 Å². The van der Waals surface area contributed by atoms with Crippen LogP contribution in [0.25, 0.3) is 0 Å². The Morgan fingerprint density at radius 3 is 1.90 bits per heavy atom. The van der Waals surface area contributed by atoms with E-state index in [1.165, 1.54) is 54.3 Å². The molecule has 4 rings (SSSR count). The molecule has 0 bridgehead atoms. The van der Waals surface area contributed by atoms with Gasteiger partial charge in [-0.1, -0.05) is 66.7 Å². The Bertz CT molecular complexity index is 1550. The maximum absolute atomic E-state index is 14.3. The zero-order valence-electron chi connectivity index (χ0n) is 26.9. The third-order valence-electron chi connectivity index (χ3n) is 8.39. The molecule has 1 fully saturated rings. The summed E-state index contributed by atoms with van der Waals surface area (Å²) >= 11 is 0. The predicted octanol–water partition coefficient (Wildman–Crippen LogP) is 6.52. The molecule has 0 N–H and O–H groups in total. The Hall–Kier alpha value is -4.37. The largest absolute Gasteiger partial charge is 0.460 e. The first-order valence-electron chi connectivity index (χ1n) is 15.1. The van der Waals surface area contributed by atoms with Gasteiger partial charge in [-0.25, -0.2) is 14.4 Å². The number of halogens is 6. The van der Waals surface area contributed by atoms with Gasteiger partial charge in [-0.3, -0.25) is 4.90 Å². The summed E-state index contributed by atoms with van der Waals surface area (Å²) in [6.07, 6.45) is -9.22. The van der Waals surface area contributed by atoms with Crippen LogP contribution in [0, 0.1) is 0 Å². The number of esters is 2. The molecule has 1 amide bonds. The molecule has 0 radical (unpaired) electrons. The van der Waals surface area contributed by atoms with Crippen molar-refractivity contribution in [1.29, 1.82) is 0 Å². The highest BCUT2D eigenvalue weighted by molar-refractivity contribution is 5.83. The van der Waals surface area contributed by atoms with Crippen LogP contribution in [0.15, 0.2) is 84.5 Å². The first-order chi connectivity index (χ1) is 23.0. The molecule has 0 aromatic heterocycles. The average Bonchev–Trinajstić information content (AvgIpc) is 3.35. The van der Waals surface area contributed by atoms with Crippen molar-refractivity contribution in [2.75, 3.05) is 20.8 Å². The number of amides is 1. The van der Waals surface area contributed by atoms with E-state index in [2.05, 4.69) is 0 Å². The Morgan fingerprint density at radius 2 is 1.41 bits per heavy atom. The minimum absolute atomic E-state index is 0.110. The van der Waals surface area contributed by atoms with Crippen molar-refractivity contribution in [2.45, 2.75) is 74.6 Å². The number of fused-ring (bicyclic) bond motifs is 1. The molecular formula is C34H35F6NO8. The molecule has 2 aliphatic rings. The Morgan fingerprint density at radius 1 is 0.898 bits per heavy atom. The van der Waals surface area contributed by atoms with Crippen LogP contribution < -0.4 is 0 Å². The third-order valence-corrected chi connectivity index (χ3v) is 8.39. The van der Waals surface area contributed by atoms with Crippen LogP contribution in [0.1, 0.15) is 37.8 Å². The minimum Gasteiger partial charge on any atom is -0.460 e. The Kier molecular flexibility index (Phi) is 11.2. The second kappa shape index (κ2) is 14.6. The van der Waals surface area contributed by atoms with Gasteiger partial charge in [-0.2, -0.15) is 26.3 Å². The number of carbonyl (C=O) groups excluding carboxylic acids is 3. The van der Waals surface area contributed by atoms with Gasteiger partial charge in [0.2, 0.25) is 0 Å². The van der Waals surface area contributed by atoms with Gasteiger partial charge in [-0.15, -0.1) is 0 Å². The number of hydrogen-bond donors (Lipinski definition) is 0. The lowest BCUT2D eigenvalue weighted by Crippen LogP contribution is -2.54. The van der Waals surface area contributed by atoms with Crippen LogP contribution in [-0.4, -0.2) is 80.4 Å². The summed E-state index contributed by atoms with van der Waals surface area (Å²) in [6, 6.07) is 12.1. The van der Waals surface area contributed by atoms with Crippen LogP contribution >= 0.6 is 0 Å². The summed E-state index contributed by atoms with van der Waals surface area (Å²) in [7, 11) is 1.52. The Labute approximate surface area is 278 Å². The van der Waals surface area contributed by atoms with Crippen molar-refractivity contribution >= 4 is 18.0 Å². The number of hydrogen-bond acceptors (Lipinski definition) is 8. The van der Waals surface area contributed by atoms with Crippen molar-refractivity contribution < 1.29 is 64.4 Å². The summed E-state index contributed by atoms with van der Waals surface area (Å²) < 4.78 is 111. The van der Waals surface area contributed by atoms with E-state index in [4.69, 9.17) is 23.7 Å². The van der Waals surface area contributed by atoms with Crippen molar-refractivity contribution in [2.24, 2.45) is 0 Å². The molecular weight excluding hydrogens is 664 g/mol. The van der Waals surface area contributed by atoms with E-state index >= 15 is 0 Å². The molecule has 9 nitrogen and oxygen atoms in total. The van der Waals surface area contributed by atoms with Crippen LogP contribution in [-0.2, 0) is 44.5 Å². The van der Waals surface area contributed by atoms with E-state index in [0.29, 0.717) is 5.57 Å². The second-order valence-electron chi connectivity index (χ2n) is 11.5. The highest BCUT2D eigenvalue weighted by atomic mass is 19.4. The van der Waals surface area contributed by atoms with E-state index in [-0.39, 0.29) is 19.4 Å². The first kappa shape index (κ1) is 37.4. The Balaban J connectivity index is 1.40. The van der Waals surface area contributed by atoms with E-state index in [1.807, 2.05) is 0 Å². The second-order valence-corrected chi connectivity index (χ2v) is 11.5. The molecule has 49 heavy (non-hydrogen) atoms. The number of methoxy groups -OCH3 is 2. The minimum atomic E-state index is -5.18. The highest BCUT2D eigenvalue weighted by Gasteiger charge is 2.65. The van der Waals surface area contributed by atoms with Gasteiger partial charge in [0, 0.05) is 25.3 Å². The third kappa shape index (κ3) is 7.18. The fraction of sp³-hybridized carbons (Fsp3) is 0.441. The smallest absolute Gasteiger partial charge is 0.432 e. The molecule has 15 heteroatoms. The van der Waals surface area contributed by atoms with Gasteiger partial charge in [0.05, 0.1) is 18.7 Å². The quantitative estimate of drug-likeness (QED) is 0.107. The van der Waals surface area contributed by atoms with Gasteiger partial charge < -0.3 is 23.7 Å². The van der Waals surface area contributed by atoms with E-state index < -0.39 is 77.1 Å². The van der Waals surface area contributed by atoms with Crippen LogP contribution in [0.4, 0.5) is 31.1 Å². The van der Waals surface area contributed by atoms with Gasteiger partial charge in [-0.05, 0) is 44.4 Å². The van der Waals surface area contributed by atoms with E-state index in [0.717, 1.165) is 38.5 Å². The summed E-state index contributed by atoms with van der Waals surface area (Å²) in [5.41, 5.74) is -7.17. The van der Waals surface area contributed by atoms with E-state index in [9.17, 15) is 40.7 Å². The number of benzene rings is 2. The topological polar surface area (TPSA) is 101 Å². The molecule has 0 unspecified atom stereocenters. The van der Waals surface area contributed by atoms with Crippen LogP contribution in [0.5, 0.6) is 0 Å². The van der Waals surface area contributed by atoms with Gasteiger partial charge >= 0.3 is 30.4 Å². The number of rotatable bonds is 12. The lowest BCUT2D eigenvalue weighted by atomic mass is 9.92. The monoisotopic (exact) mass is 699 g/mol. The summed E-state index contributed by atoms with van der Waals surface area (Å²) in [5, 5.41) is 0. The van der Waals surface area contributed by atoms with Gasteiger partial charge in [0.15, 0.2) is 0 Å². The maximum atomic E-state index is 14.3. The zero-order valence-corrected chi connectivity index (χ0v) is 26.9. The fourth-order valence-corrected chi connectivity index (χ4v) is 5.97. The first-order valence-corrected chi connectivity index (χ1v) is 15.1. The SMILES string of the molecule is CO[C@@](C(=O)O[C@H](C)CC/C=C/[C@H]1OC(=O)N2C[C@H](OC(=O)[C@](OC)(c3ccccc3)C(F)(F)F)C=C(C)[C@@H]12)(c1ccccc1)C(F)(F)F. The number of cyclic esters (lactones) is 1. The number of alkyl halides is 6. The normalized spacial score (nSPS) is 22.7. The van der Waals surface area contributed by atoms with Gasteiger partial charge in [0.25, 0.3) is 11.2 Å². The average molecular weight is 700 g/mol. The molecule has 0 aliphatic carbocycles. The zero-order chi connectivity index (χ0) is 36.2. The highest BCUT2D eigenvalue weighted by Crippen LogP contribution is 2.45. The van der Waals surface area contributed by atoms with Crippen LogP contribution in [0.2, 0.25) is 0 Å². The molecule has 6 atom stereocenters. The number of allylic oxidation sites excluding steroid dienone is 1. The van der Waals surface area contributed by atoms with Crippen molar-refractivity contribution in [3.8, 4) is 0 Å². The van der Waals surface area contributed by atoms with Gasteiger partial charge in [0.1, 0.15) is 12.2 Å². The molecule has 266 valence electrons. The molecule has 2 aromatic carbocycles. The summed E-state index contributed by atoms with van der Waals surface area (Å²) in [4.78, 5) is 39.9. The van der Waals surface area contributed by atoms with Crippen molar-refractivity contribution in [3.63, 3.8) is 0 Å². The predicted molar refractivity (Wildman–Crippen MR) is 161 cm³/mol. The summed E-state index contributed by atoms with van der Waals surface area (Å²) in [6.45, 7) is 2.73. The molecule has 2 heterocycles. The van der Waals surface area contributed by atoms with Crippen molar-refractivity contribution in [3.05, 3.63) is 95.6 Å². The number of nitrogens with zero attached hydrogens (tertiary/aromatic N) is 1. The molecule has 0 saturated carbocycles.